The highest BCUT2D eigenvalue weighted by Crippen LogP contribution is 2.26. The van der Waals surface area contributed by atoms with Gasteiger partial charge in [-0.05, 0) is 18.2 Å². The lowest BCUT2D eigenvalue weighted by atomic mass is 10.2. The minimum Gasteiger partial charge on any atom is -0.454 e. The Bertz CT molecular complexity index is 1130. The van der Waals surface area contributed by atoms with Crippen molar-refractivity contribution in [3.8, 4) is 10.6 Å². The van der Waals surface area contributed by atoms with Crippen LogP contribution in [0.4, 0.5) is 5.13 Å². The van der Waals surface area contributed by atoms with Crippen molar-refractivity contribution in [2.75, 3.05) is 5.32 Å². The summed E-state index contributed by atoms with van der Waals surface area (Å²) in [6.07, 6.45) is 1.66. The summed E-state index contributed by atoms with van der Waals surface area (Å²) in [7, 11) is 0. The molecule has 0 aliphatic rings. The van der Waals surface area contributed by atoms with Crippen molar-refractivity contribution >= 4 is 22.4 Å². The summed E-state index contributed by atoms with van der Waals surface area (Å²) in [5.41, 5.74) is 0.797. The Labute approximate surface area is 157 Å². The van der Waals surface area contributed by atoms with Gasteiger partial charge in [-0.3, -0.25) is 14.9 Å². The molecule has 134 valence electrons. The van der Waals surface area contributed by atoms with E-state index in [4.69, 9.17) is 4.42 Å². The van der Waals surface area contributed by atoms with Gasteiger partial charge >= 0.3 is 0 Å². The Kier molecular flexibility index (Phi) is 4.63. The van der Waals surface area contributed by atoms with Gasteiger partial charge in [-0.15, -0.1) is 10.2 Å². The van der Waals surface area contributed by atoms with Crippen molar-refractivity contribution in [1.82, 2.24) is 14.8 Å². The number of benzene rings is 1. The minimum atomic E-state index is -0.419. The van der Waals surface area contributed by atoms with E-state index < -0.39 is 5.91 Å². The SMILES string of the molecule is O=C(Nc1nnc(-c2ccccc2)s1)c1ccc(Cn2ccccc2=O)o1. The highest BCUT2D eigenvalue weighted by atomic mass is 32.1. The molecule has 0 fully saturated rings. The average molecular weight is 378 g/mol. The summed E-state index contributed by atoms with van der Waals surface area (Å²) in [5.74, 6) is 0.235. The molecule has 4 aromatic rings. The van der Waals surface area contributed by atoms with Crippen molar-refractivity contribution in [2.24, 2.45) is 0 Å². The van der Waals surface area contributed by atoms with Crippen molar-refractivity contribution in [2.45, 2.75) is 6.54 Å². The number of nitrogens with one attached hydrogen (secondary N) is 1. The van der Waals surface area contributed by atoms with Crippen LogP contribution in [0.2, 0.25) is 0 Å². The first-order valence-electron chi connectivity index (χ1n) is 8.13. The maximum atomic E-state index is 12.4. The molecule has 4 rings (SSSR count). The van der Waals surface area contributed by atoms with E-state index in [0.29, 0.717) is 10.9 Å². The number of amides is 1. The standard InChI is InChI=1S/C19H14N4O3S/c24-16-8-4-5-11-23(16)12-14-9-10-15(26-14)17(25)20-19-22-21-18(27-19)13-6-2-1-3-7-13/h1-11H,12H2,(H,20,22,25). The molecule has 0 radical (unpaired) electrons. The molecule has 27 heavy (non-hydrogen) atoms. The number of aromatic nitrogens is 3. The molecule has 0 atom stereocenters. The molecule has 3 heterocycles. The first-order valence-corrected chi connectivity index (χ1v) is 8.95. The first kappa shape index (κ1) is 16.9. The molecule has 0 unspecified atom stereocenters. The first-order chi connectivity index (χ1) is 13.2. The third-order valence-corrected chi connectivity index (χ3v) is 4.66. The van der Waals surface area contributed by atoms with E-state index in [1.54, 1.807) is 30.5 Å². The van der Waals surface area contributed by atoms with Gasteiger partial charge in [0.05, 0.1) is 6.54 Å². The van der Waals surface area contributed by atoms with Gasteiger partial charge in [-0.1, -0.05) is 47.7 Å². The Morgan fingerprint density at radius 2 is 1.85 bits per heavy atom. The molecular weight excluding hydrogens is 364 g/mol. The van der Waals surface area contributed by atoms with Crippen molar-refractivity contribution in [1.29, 1.82) is 0 Å². The lowest BCUT2D eigenvalue weighted by Crippen LogP contribution is -2.18. The van der Waals surface area contributed by atoms with Gasteiger partial charge in [0.2, 0.25) is 5.13 Å². The highest BCUT2D eigenvalue weighted by Gasteiger charge is 2.15. The Balaban J connectivity index is 1.45. The van der Waals surface area contributed by atoms with E-state index in [9.17, 15) is 9.59 Å². The third-order valence-electron chi connectivity index (χ3n) is 3.78. The zero-order valence-electron chi connectivity index (χ0n) is 14.0. The highest BCUT2D eigenvalue weighted by molar-refractivity contribution is 7.18. The van der Waals surface area contributed by atoms with Gasteiger partial charge in [0.1, 0.15) is 10.8 Å². The molecule has 8 heteroatoms. The second kappa shape index (κ2) is 7.38. The lowest BCUT2D eigenvalue weighted by Gasteiger charge is -2.01. The van der Waals surface area contributed by atoms with Gasteiger partial charge in [-0.25, -0.2) is 0 Å². The van der Waals surface area contributed by atoms with E-state index in [1.165, 1.54) is 22.0 Å². The number of nitrogens with zero attached hydrogens (tertiary/aromatic N) is 3. The van der Waals surface area contributed by atoms with Crippen LogP contribution in [0.5, 0.6) is 0 Å². The summed E-state index contributed by atoms with van der Waals surface area (Å²) in [6.45, 7) is 0.254. The number of carbonyl (C=O) groups is 1. The normalized spacial score (nSPS) is 10.7. The number of hydrogen-bond acceptors (Lipinski definition) is 6. The Morgan fingerprint density at radius 3 is 2.67 bits per heavy atom. The van der Waals surface area contributed by atoms with Crippen LogP contribution in [0, 0.1) is 0 Å². The molecule has 0 bridgehead atoms. The topological polar surface area (TPSA) is 90.0 Å². The fourth-order valence-electron chi connectivity index (χ4n) is 2.47. The minimum absolute atomic E-state index is 0.137. The van der Waals surface area contributed by atoms with Crippen LogP contribution in [-0.4, -0.2) is 20.7 Å². The van der Waals surface area contributed by atoms with Crippen molar-refractivity contribution in [3.05, 3.63) is 88.7 Å². The quantitative estimate of drug-likeness (QED) is 0.576. The molecule has 0 spiro atoms. The summed E-state index contributed by atoms with van der Waals surface area (Å²) in [4.78, 5) is 24.1. The molecule has 3 aromatic heterocycles. The number of furan rings is 1. The summed E-state index contributed by atoms with van der Waals surface area (Å²) >= 11 is 1.28. The fourth-order valence-corrected chi connectivity index (χ4v) is 3.22. The van der Waals surface area contributed by atoms with E-state index in [-0.39, 0.29) is 17.9 Å². The maximum Gasteiger partial charge on any atom is 0.293 e. The van der Waals surface area contributed by atoms with Crippen molar-refractivity contribution < 1.29 is 9.21 Å². The van der Waals surface area contributed by atoms with Crippen LogP contribution in [-0.2, 0) is 6.54 Å². The molecule has 1 aromatic carbocycles. The van der Waals surface area contributed by atoms with E-state index in [0.717, 1.165) is 10.6 Å². The molecule has 0 aliphatic heterocycles. The van der Waals surface area contributed by atoms with Crippen LogP contribution in [0.15, 0.2) is 76.1 Å². The largest absolute Gasteiger partial charge is 0.454 e. The van der Waals surface area contributed by atoms with E-state index in [1.807, 2.05) is 30.3 Å². The molecule has 7 nitrogen and oxygen atoms in total. The summed E-state index contributed by atoms with van der Waals surface area (Å²) in [5, 5.41) is 11.9. The van der Waals surface area contributed by atoms with Gasteiger partial charge in [-0.2, -0.15) is 0 Å². The van der Waals surface area contributed by atoms with E-state index in [2.05, 4.69) is 15.5 Å². The molecule has 0 aliphatic carbocycles. The fraction of sp³-hybridized carbons (Fsp3) is 0.0526. The van der Waals surface area contributed by atoms with Crippen LogP contribution in [0.1, 0.15) is 16.3 Å². The predicted octanol–water partition coefficient (Wildman–Crippen LogP) is 3.26. The van der Waals surface area contributed by atoms with Crippen LogP contribution >= 0.6 is 11.3 Å². The maximum absolute atomic E-state index is 12.4. The lowest BCUT2D eigenvalue weighted by molar-refractivity contribution is 0.0994. The summed E-state index contributed by atoms with van der Waals surface area (Å²) in [6, 6.07) is 17.7. The second-order valence-electron chi connectivity index (χ2n) is 5.67. The van der Waals surface area contributed by atoms with Crippen LogP contribution in [0.3, 0.4) is 0 Å². The van der Waals surface area contributed by atoms with Crippen LogP contribution < -0.4 is 10.9 Å². The zero-order chi connectivity index (χ0) is 18.6. The van der Waals surface area contributed by atoms with Gasteiger partial charge in [0, 0.05) is 17.8 Å². The number of hydrogen-bond donors (Lipinski definition) is 1. The second-order valence-corrected chi connectivity index (χ2v) is 6.64. The average Bonchev–Trinajstić information content (AvgIpc) is 3.34. The molecule has 1 amide bonds. The molecule has 0 saturated heterocycles. The van der Waals surface area contributed by atoms with Crippen molar-refractivity contribution in [3.63, 3.8) is 0 Å². The van der Waals surface area contributed by atoms with Crippen LogP contribution in [0.25, 0.3) is 10.6 Å². The monoisotopic (exact) mass is 378 g/mol. The predicted molar refractivity (Wildman–Crippen MR) is 102 cm³/mol. The number of pyridine rings is 1. The number of carbonyl (C=O) groups excluding carboxylic acids is 1. The van der Waals surface area contributed by atoms with Gasteiger partial charge < -0.3 is 8.98 Å². The Morgan fingerprint density at radius 1 is 1.04 bits per heavy atom. The zero-order valence-corrected chi connectivity index (χ0v) is 14.8. The molecular formula is C19H14N4O3S. The molecule has 1 N–H and O–H groups in total. The number of anilines is 1. The van der Waals surface area contributed by atoms with Gasteiger partial charge in [0.15, 0.2) is 5.76 Å². The summed E-state index contributed by atoms with van der Waals surface area (Å²) < 4.78 is 7.05. The smallest absolute Gasteiger partial charge is 0.293 e. The third kappa shape index (κ3) is 3.85. The van der Waals surface area contributed by atoms with Gasteiger partial charge in [0.25, 0.3) is 11.5 Å². The van der Waals surface area contributed by atoms with E-state index >= 15 is 0 Å². The molecule has 0 saturated carbocycles. The number of rotatable bonds is 5. The Hall–Kier alpha value is -3.52.